The first-order valence-corrected chi connectivity index (χ1v) is 19.0. The molecule has 15 nitrogen and oxygen atoms in total. The highest BCUT2D eigenvalue weighted by molar-refractivity contribution is 7.33. The van der Waals surface area contributed by atoms with Gasteiger partial charge in [0.25, 0.3) is 5.56 Å². The molecule has 1 unspecified atom stereocenters. The number of carbonyl (C=O) groups excluding carboxylic acids is 1. The third-order valence-electron chi connectivity index (χ3n) is 9.37. The van der Waals surface area contributed by atoms with Crippen LogP contribution in [0, 0.1) is 5.92 Å². The van der Waals surface area contributed by atoms with E-state index in [2.05, 4.69) is 25.6 Å². The number of fused-ring (bicyclic) bond motifs is 1. The number of halogens is 1. The number of hydrogen-bond acceptors (Lipinski definition) is 12. The van der Waals surface area contributed by atoms with Gasteiger partial charge in [-0.3, -0.25) is 19.9 Å². The molecule has 57 heavy (non-hydrogen) atoms. The molecule has 7 rings (SSSR count). The fourth-order valence-electron chi connectivity index (χ4n) is 6.44. The molecule has 5 atom stereocenters. The summed E-state index contributed by atoms with van der Waals surface area (Å²) in [7, 11) is 0.153. The summed E-state index contributed by atoms with van der Waals surface area (Å²) in [5.74, 6) is 0.423. The van der Waals surface area contributed by atoms with Crippen molar-refractivity contribution in [2.45, 2.75) is 44.1 Å². The molecule has 2 aromatic heterocycles. The zero-order valence-corrected chi connectivity index (χ0v) is 32.2. The molecule has 17 heteroatoms. The van der Waals surface area contributed by atoms with Crippen molar-refractivity contribution in [2.75, 3.05) is 26.1 Å². The minimum absolute atomic E-state index is 0.153. The van der Waals surface area contributed by atoms with Gasteiger partial charge in [-0.05, 0) is 53.1 Å². The zero-order valence-electron chi connectivity index (χ0n) is 31.3. The second kappa shape index (κ2) is 17.0. The number of aromatic nitrogens is 5. The number of para-hydroxylation sites is 1. The van der Waals surface area contributed by atoms with Crippen LogP contribution >= 0.6 is 8.25 Å². The second-order valence-electron chi connectivity index (χ2n) is 13.3. The minimum atomic E-state index is -2.98. The molecule has 6 aromatic rings. The highest BCUT2D eigenvalue weighted by Gasteiger charge is 2.54. The number of H-pyrrole nitrogens is 1. The van der Waals surface area contributed by atoms with Crippen LogP contribution in [0.2, 0.25) is 0 Å². The first-order chi connectivity index (χ1) is 27.6. The standard InChI is InChI=1S/C40H38FN6O9P/c1-24(2)36(48)43-39-42-35-33(37(49)44-39)45-46-47(35)38-34(56-57(50)55-30-13-9-6-10-14-30)32(41)31(54-38)23-53-40(25-11-7-5-8-12-25,26-15-19-28(51-3)20-16-26)27-17-21-29(52-4)22-18-27/h5-22,24,31-32,34,38H,23H2,1-4H3,(H-,42,43,44,46,48,49)/p+1/t31-,32-,34+,38-/m1/s1. The Morgan fingerprint density at radius 3 is 2.05 bits per heavy atom. The van der Waals surface area contributed by atoms with Gasteiger partial charge in [0.2, 0.25) is 11.9 Å². The van der Waals surface area contributed by atoms with E-state index >= 15 is 4.39 Å². The average molecular weight is 798 g/mol. The summed E-state index contributed by atoms with van der Waals surface area (Å²) < 4.78 is 66.8. The number of hydrogen-bond donors (Lipinski definition) is 2. The molecule has 1 saturated heterocycles. The fraction of sp³-hybridized carbons (Fsp3) is 0.275. The first-order valence-electron chi connectivity index (χ1n) is 17.9. The van der Waals surface area contributed by atoms with Crippen molar-refractivity contribution in [2.24, 2.45) is 5.92 Å². The number of anilines is 1. The molecule has 2 N–H and O–H groups in total. The fourth-order valence-corrected chi connectivity index (χ4v) is 7.20. The number of rotatable bonds is 15. The Hall–Kier alpha value is -6.06. The molecule has 0 aliphatic carbocycles. The summed E-state index contributed by atoms with van der Waals surface area (Å²) in [6.07, 6.45) is -6.51. The van der Waals surface area contributed by atoms with Gasteiger partial charge in [0, 0.05) is 10.5 Å². The van der Waals surface area contributed by atoms with Crippen molar-refractivity contribution in [1.29, 1.82) is 0 Å². The van der Waals surface area contributed by atoms with Gasteiger partial charge in [-0.15, -0.1) is 9.62 Å². The van der Waals surface area contributed by atoms with E-state index in [1.165, 1.54) is 0 Å². The van der Waals surface area contributed by atoms with Crippen molar-refractivity contribution >= 4 is 31.3 Å². The monoisotopic (exact) mass is 797 g/mol. The minimum Gasteiger partial charge on any atom is -0.497 e. The number of methoxy groups -OCH3 is 2. The van der Waals surface area contributed by atoms with Crippen LogP contribution in [0.5, 0.6) is 17.2 Å². The number of nitrogens with one attached hydrogen (secondary N) is 2. The van der Waals surface area contributed by atoms with E-state index in [1.54, 1.807) is 82.7 Å². The van der Waals surface area contributed by atoms with Gasteiger partial charge in [0.15, 0.2) is 35.4 Å². The van der Waals surface area contributed by atoms with Crippen LogP contribution in [0.1, 0.15) is 36.8 Å². The lowest BCUT2D eigenvalue weighted by Crippen LogP contribution is -2.38. The predicted octanol–water partition coefficient (Wildman–Crippen LogP) is 6.49. The quantitative estimate of drug-likeness (QED) is 0.0854. The van der Waals surface area contributed by atoms with E-state index in [9.17, 15) is 14.2 Å². The third-order valence-corrected chi connectivity index (χ3v) is 10.1. The molecule has 4 aromatic carbocycles. The number of nitrogens with zero attached hydrogens (tertiary/aromatic N) is 4. The maximum absolute atomic E-state index is 17.0. The Balaban J connectivity index is 1.28. The topological polar surface area (TPSA) is 178 Å². The first kappa shape index (κ1) is 39.2. The van der Waals surface area contributed by atoms with Gasteiger partial charge in [-0.25, -0.2) is 8.91 Å². The molecule has 0 radical (unpaired) electrons. The Kier molecular flexibility index (Phi) is 11.7. The van der Waals surface area contributed by atoms with Gasteiger partial charge in [-0.1, -0.05) is 91.9 Å². The summed E-state index contributed by atoms with van der Waals surface area (Å²) in [6, 6.07) is 32.3. The van der Waals surface area contributed by atoms with Gasteiger partial charge in [0.1, 0.15) is 23.2 Å². The molecule has 294 valence electrons. The van der Waals surface area contributed by atoms with E-state index in [1.807, 2.05) is 54.6 Å². The van der Waals surface area contributed by atoms with E-state index < -0.39 is 55.8 Å². The molecule has 0 bridgehead atoms. The van der Waals surface area contributed by atoms with Crippen LogP contribution in [-0.2, 0) is 29.0 Å². The van der Waals surface area contributed by atoms with Crippen molar-refractivity contribution in [3.8, 4) is 17.2 Å². The molecular weight excluding hydrogens is 758 g/mol. The molecule has 3 heterocycles. The maximum Gasteiger partial charge on any atom is 0.750 e. The zero-order chi connectivity index (χ0) is 40.1. The van der Waals surface area contributed by atoms with E-state index in [-0.39, 0.29) is 29.5 Å². The molecular formula is C40H39FN6O9P+. The normalized spacial score (nSPS) is 18.4. The lowest BCUT2D eigenvalue weighted by molar-refractivity contribution is -0.118. The number of amides is 1. The number of ether oxygens (including phenoxy) is 4. The number of benzene rings is 4. The highest BCUT2D eigenvalue weighted by Crippen LogP contribution is 2.45. The Labute approximate surface area is 327 Å². The summed E-state index contributed by atoms with van der Waals surface area (Å²) in [6.45, 7) is 2.96. The lowest BCUT2D eigenvalue weighted by Gasteiger charge is -2.37. The van der Waals surface area contributed by atoms with Crippen molar-refractivity contribution in [1.82, 2.24) is 25.0 Å². The maximum atomic E-state index is 17.0. The number of alkyl halides is 1. The summed E-state index contributed by atoms with van der Waals surface area (Å²) >= 11 is 0. The van der Waals surface area contributed by atoms with E-state index in [4.69, 9.17) is 28.0 Å². The average Bonchev–Trinajstić information content (AvgIpc) is 3.79. The molecule has 1 aliphatic rings. The van der Waals surface area contributed by atoms with Crippen LogP contribution < -0.4 is 24.9 Å². The van der Waals surface area contributed by atoms with Crippen LogP contribution in [-0.4, -0.2) is 70.1 Å². The van der Waals surface area contributed by atoms with Crippen LogP contribution in [0.25, 0.3) is 11.2 Å². The second-order valence-corrected chi connectivity index (χ2v) is 14.1. The molecule has 0 saturated carbocycles. The summed E-state index contributed by atoms with van der Waals surface area (Å²) in [4.78, 5) is 32.4. The number of aromatic amines is 1. The Bertz CT molecular complexity index is 2330. The van der Waals surface area contributed by atoms with Gasteiger partial charge >= 0.3 is 8.25 Å². The molecule has 1 amide bonds. The van der Waals surface area contributed by atoms with Crippen molar-refractivity contribution < 1.29 is 41.7 Å². The molecule has 1 aliphatic heterocycles. The lowest BCUT2D eigenvalue weighted by atomic mass is 9.80. The third kappa shape index (κ3) is 8.11. The van der Waals surface area contributed by atoms with Crippen molar-refractivity contribution in [3.63, 3.8) is 0 Å². The predicted molar refractivity (Wildman–Crippen MR) is 206 cm³/mol. The van der Waals surface area contributed by atoms with Gasteiger partial charge < -0.3 is 18.9 Å². The summed E-state index contributed by atoms with van der Waals surface area (Å²) in [5.41, 5.74) is -0.322. The largest absolute Gasteiger partial charge is 0.750 e. The van der Waals surface area contributed by atoms with Crippen LogP contribution in [0.15, 0.2) is 114 Å². The molecule has 1 fully saturated rings. The van der Waals surface area contributed by atoms with E-state index in [0.29, 0.717) is 22.6 Å². The Morgan fingerprint density at radius 2 is 1.47 bits per heavy atom. The van der Waals surface area contributed by atoms with Gasteiger partial charge in [0.05, 0.1) is 20.8 Å². The summed E-state index contributed by atoms with van der Waals surface area (Å²) in [5, 5.41) is 10.6. The SMILES string of the molecule is COc1ccc(C(OC[C@H]2O[C@@H](n3nnc4c(=O)[nH]c(NC(=O)C(C)C)nc43)[C@@H](O[P+](=O)Oc3ccccc3)[C@@H]2F)(c2ccccc2)c2ccc(OC)cc2)cc1. The van der Waals surface area contributed by atoms with Gasteiger partial charge in [-0.2, -0.15) is 9.67 Å². The van der Waals surface area contributed by atoms with Crippen LogP contribution in [0.4, 0.5) is 10.3 Å². The molecule has 0 spiro atoms. The van der Waals surface area contributed by atoms with Crippen LogP contribution in [0.3, 0.4) is 0 Å². The smallest absolute Gasteiger partial charge is 0.497 e. The van der Waals surface area contributed by atoms with E-state index in [0.717, 1.165) is 10.2 Å². The number of carbonyl (C=O) groups is 1. The highest BCUT2D eigenvalue weighted by atomic mass is 31.1. The van der Waals surface area contributed by atoms with Crippen molar-refractivity contribution in [3.05, 3.63) is 136 Å². The Morgan fingerprint density at radius 1 is 0.895 bits per heavy atom.